The minimum Gasteiger partial charge on any atom is -0.468 e. The van der Waals surface area contributed by atoms with Gasteiger partial charge in [0.2, 0.25) is 0 Å². The Kier molecular flexibility index (Phi) is 5.04. The predicted octanol–water partition coefficient (Wildman–Crippen LogP) is 3.34. The fourth-order valence-corrected chi connectivity index (χ4v) is 4.60. The molecule has 0 N–H and O–H groups in total. The topological polar surface area (TPSA) is 46.6 Å². The van der Waals surface area contributed by atoms with Crippen LogP contribution in [0.1, 0.15) is 51.0 Å². The molecule has 130 valence electrons. The number of ketones is 1. The number of carbonyl (C=O) groups excluding carboxylic acids is 2. The Morgan fingerprint density at radius 1 is 1.29 bits per heavy atom. The first-order chi connectivity index (χ1) is 11.6. The molecule has 2 aliphatic rings. The summed E-state index contributed by atoms with van der Waals surface area (Å²) in [4.78, 5) is 28.1. The highest BCUT2D eigenvalue weighted by molar-refractivity contribution is 6.05. The van der Waals surface area contributed by atoms with E-state index in [0.717, 1.165) is 32.2 Å². The Hall–Kier alpha value is -1.68. The van der Waals surface area contributed by atoms with Gasteiger partial charge in [0.05, 0.1) is 7.11 Å². The Morgan fingerprint density at radius 3 is 2.71 bits per heavy atom. The molecule has 3 unspecified atom stereocenters. The lowest BCUT2D eigenvalue weighted by Gasteiger charge is -2.45. The van der Waals surface area contributed by atoms with E-state index in [2.05, 4.69) is 24.0 Å². The van der Waals surface area contributed by atoms with Gasteiger partial charge in [0.15, 0.2) is 5.78 Å². The molecule has 2 heterocycles. The van der Waals surface area contributed by atoms with E-state index in [9.17, 15) is 9.59 Å². The minimum absolute atomic E-state index is 0.0250. The number of Topliss-reactive ketones (excluding diaryl/α,β-unsaturated/α-hetero) is 1. The maximum Gasteiger partial charge on any atom is 0.320 e. The van der Waals surface area contributed by atoms with Gasteiger partial charge in [-0.25, -0.2) is 0 Å². The van der Waals surface area contributed by atoms with Crippen LogP contribution in [-0.4, -0.2) is 35.8 Å². The number of ether oxygens (including phenoxy) is 1. The highest BCUT2D eigenvalue weighted by atomic mass is 16.5. The summed E-state index contributed by atoms with van der Waals surface area (Å²) < 4.78 is 5.12. The number of carbonyl (C=O) groups is 2. The van der Waals surface area contributed by atoms with E-state index in [1.807, 2.05) is 18.2 Å². The van der Waals surface area contributed by atoms with Gasteiger partial charge in [0.25, 0.3) is 0 Å². The summed E-state index contributed by atoms with van der Waals surface area (Å²) in [5, 5.41) is 0. The largest absolute Gasteiger partial charge is 0.468 e. The van der Waals surface area contributed by atoms with Crippen molar-refractivity contribution in [2.24, 2.45) is 5.41 Å². The third-order valence-corrected chi connectivity index (χ3v) is 5.81. The molecule has 2 fully saturated rings. The lowest BCUT2D eigenvalue weighted by Crippen LogP contribution is -2.60. The predicted molar refractivity (Wildman–Crippen MR) is 92.4 cm³/mol. The van der Waals surface area contributed by atoms with Crippen LogP contribution in [0.2, 0.25) is 0 Å². The molecule has 24 heavy (non-hydrogen) atoms. The summed E-state index contributed by atoms with van der Waals surface area (Å²) in [6.45, 7) is 2.89. The molecule has 2 bridgehead atoms. The van der Waals surface area contributed by atoms with Crippen LogP contribution in [0.15, 0.2) is 30.3 Å². The van der Waals surface area contributed by atoms with Crippen molar-refractivity contribution in [2.45, 2.75) is 64.1 Å². The zero-order valence-electron chi connectivity index (χ0n) is 14.7. The molecule has 0 amide bonds. The number of piperidine rings is 1. The number of rotatable bonds is 6. The van der Waals surface area contributed by atoms with Gasteiger partial charge in [-0.2, -0.15) is 0 Å². The first kappa shape index (κ1) is 17.2. The molecule has 4 heteroatoms. The van der Waals surface area contributed by atoms with E-state index in [4.69, 9.17) is 4.74 Å². The molecule has 2 aliphatic heterocycles. The molecule has 4 nitrogen and oxygen atoms in total. The van der Waals surface area contributed by atoms with Crippen LogP contribution in [0.5, 0.6) is 0 Å². The highest BCUT2D eigenvalue weighted by Gasteiger charge is 2.60. The van der Waals surface area contributed by atoms with E-state index in [-0.39, 0.29) is 23.8 Å². The second-order valence-corrected chi connectivity index (χ2v) is 7.10. The molecule has 2 saturated heterocycles. The molecular weight excluding hydrogens is 302 g/mol. The molecule has 3 atom stereocenters. The average molecular weight is 329 g/mol. The standard InChI is InChI=1S/C20H27NO3/c1-3-4-12-20(19(23)24-2)17-11-10-16(13-18(20)22)21(17)14-15-8-6-5-7-9-15/h5-9,16-17H,3-4,10-14H2,1-2H3. The molecule has 0 aliphatic carbocycles. The number of hydrogen-bond donors (Lipinski definition) is 0. The number of esters is 1. The highest BCUT2D eigenvalue weighted by Crippen LogP contribution is 2.48. The molecular formula is C20H27NO3. The van der Waals surface area contributed by atoms with Crippen LogP contribution >= 0.6 is 0 Å². The number of hydrogen-bond acceptors (Lipinski definition) is 4. The van der Waals surface area contributed by atoms with Crippen molar-refractivity contribution in [3.8, 4) is 0 Å². The number of unbranched alkanes of at least 4 members (excludes halogenated alkanes) is 1. The lowest BCUT2D eigenvalue weighted by atomic mass is 9.69. The normalized spacial score (nSPS) is 29.7. The maximum atomic E-state index is 13.0. The summed E-state index contributed by atoms with van der Waals surface area (Å²) in [6.07, 6.45) is 4.83. The number of nitrogens with zero attached hydrogens (tertiary/aromatic N) is 1. The van der Waals surface area contributed by atoms with Crippen LogP contribution in [0.3, 0.4) is 0 Å². The Bertz CT molecular complexity index is 600. The van der Waals surface area contributed by atoms with E-state index in [1.165, 1.54) is 12.7 Å². The fourth-order valence-electron chi connectivity index (χ4n) is 4.60. The third kappa shape index (κ3) is 2.77. The second kappa shape index (κ2) is 7.06. The van der Waals surface area contributed by atoms with Crippen molar-refractivity contribution < 1.29 is 14.3 Å². The van der Waals surface area contributed by atoms with E-state index < -0.39 is 5.41 Å². The van der Waals surface area contributed by atoms with Gasteiger partial charge in [0, 0.05) is 25.0 Å². The van der Waals surface area contributed by atoms with Crippen molar-refractivity contribution in [1.29, 1.82) is 0 Å². The van der Waals surface area contributed by atoms with E-state index in [0.29, 0.717) is 12.8 Å². The molecule has 1 aromatic rings. The van der Waals surface area contributed by atoms with E-state index >= 15 is 0 Å². The monoisotopic (exact) mass is 329 g/mol. The van der Waals surface area contributed by atoms with Crippen LogP contribution in [-0.2, 0) is 20.9 Å². The van der Waals surface area contributed by atoms with Gasteiger partial charge in [-0.1, -0.05) is 50.1 Å². The van der Waals surface area contributed by atoms with Gasteiger partial charge in [0.1, 0.15) is 5.41 Å². The van der Waals surface area contributed by atoms with Gasteiger partial charge in [-0.3, -0.25) is 14.5 Å². The van der Waals surface area contributed by atoms with E-state index in [1.54, 1.807) is 0 Å². The first-order valence-corrected chi connectivity index (χ1v) is 9.05. The quantitative estimate of drug-likeness (QED) is 0.593. The van der Waals surface area contributed by atoms with Gasteiger partial charge in [-0.15, -0.1) is 0 Å². The SMILES string of the molecule is CCCCC1(C(=O)OC)C(=O)CC2CCC1N2Cc1ccccc1. The maximum absolute atomic E-state index is 13.0. The molecule has 0 saturated carbocycles. The number of benzene rings is 1. The summed E-state index contributed by atoms with van der Waals surface area (Å²) in [5.41, 5.74) is 0.269. The van der Waals surface area contributed by atoms with Crippen LogP contribution in [0, 0.1) is 5.41 Å². The van der Waals surface area contributed by atoms with Crippen LogP contribution in [0.4, 0.5) is 0 Å². The van der Waals surface area contributed by atoms with Crippen molar-refractivity contribution in [3.63, 3.8) is 0 Å². The van der Waals surface area contributed by atoms with Crippen molar-refractivity contribution in [1.82, 2.24) is 4.90 Å². The average Bonchev–Trinajstić information content (AvgIpc) is 2.91. The second-order valence-electron chi connectivity index (χ2n) is 7.10. The third-order valence-electron chi connectivity index (χ3n) is 5.81. The van der Waals surface area contributed by atoms with Gasteiger partial charge >= 0.3 is 5.97 Å². The summed E-state index contributed by atoms with van der Waals surface area (Å²) in [6, 6.07) is 10.6. The Morgan fingerprint density at radius 2 is 2.04 bits per heavy atom. The first-order valence-electron chi connectivity index (χ1n) is 9.05. The number of methoxy groups -OCH3 is 1. The van der Waals surface area contributed by atoms with Crippen molar-refractivity contribution in [3.05, 3.63) is 35.9 Å². The molecule has 3 rings (SSSR count). The van der Waals surface area contributed by atoms with Gasteiger partial charge in [-0.05, 0) is 24.8 Å². The lowest BCUT2D eigenvalue weighted by molar-refractivity contribution is -0.167. The zero-order valence-corrected chi connectivity index (χ0v) is 14.7. The molecule has 0 radical (unpaired) electrons. The Labute approximate surface area is 144 Å². The summed E-state index contributed by atoms with van der Waals surface area (Å²) >= 11 is 0. The smallest absolute Gasteiger partial charge is 0.320 e. The molecule has 1 aromatic carbocycles. The summed E-state index contributed by atoms with van der Waals surface area (Å²) in [7, 11) is 1.41. The summed E-state index contributed by atoms with van der Waals surface area (Å²) in [5.74, 6) is -0.232. The van der Waals surface area contributed by atoms with Gasteiger partial charge < -0.3 is 4.74 Å². The fraction of sp³-hybridized carbons (Fsp3) is 0.600. The Balaban J connectivity index is 1.93. The van der Waals surface area contributed by atoms with Crippen molar-refractivity contribution >= 4 is 11.8 Å². The minimum atomic E-state index is -0.966. The molecule has 0 spiro atoms. The van der Waals surface area contributed by atoms with Crippen molar-refractivity contribution in [2.75, 3.05) is 7.11 Å². The van der Waals surface area contributed by atoms with Crippen LogP contribution in [0.25, 0.3) is 0 Å². The zero-order chi connectivity index (χ0) is 17.2. The number of fused-ring (bicyclic) bond motifs is 2. The molecule has 0 aromatic heterocycles. The van der Waals surface area contributed by atoms with Crippen LogP contribution < -0.4 is 0 Å².